The first kappa shape index (κ1) is 10.9. The Morgan fingerprint density at radius 1 is 1.56 bits per heavy atom. The monoisotopic (exact) mass is 224 g/mol. The van der Waals surface area contributed by atoms with Crippen LogP contribution in [0.1, 0.15) is 12.0 Å². The minimum absolute atomic E-state index is 0.0965. The average Bonchev–Trinajstić information content (AvgIpc) is 2.67. The van der Waals surface area contributed by atoms with Gasteiger partial charge < -0.3 is 15.8 Å². The third-order valence-corrected chi connectivity index (χ3v) is 2.50. The number of ether oxygens (including phenoxy) is 1. The number of hydrogen-bond acceptors (Lipinski definition) is 3. The Hall–Kier alpha value is -1.62. The first-order chi connectivity index (χ1) is 7.70. The molecule has 1 aromatic rings. The van der Waals surface area contributed by atoms with Gasteiger partial charge in [-0.3, -0.25) is 4.79 Å². The van der Waals surface area contributed by atoms with Gasteiger partial charge in [-0.15, -0.1) is 0 Å². The summed E-state index contributed by atoms with van der Waals surface area (Å²) in [5.41, 5.74) is 6.08. The van der Waals surface area contributed by atoms with Gasteiger partial charge in [0.1, 0.15) is 0 Å². The van der Waals surface area contributed by atoms with E-state index in [0.717, 1.165) is 0 Å². The van der Waals surface area contributed by atoms with Crippen molar-refractivity contribution in [3.63, 3.8) is 0 Å². The van der Waals surface area contributed by atoms with E-state index in [1.54, 1.807) is 6.07 Å². The van der Waals surface area contributed by atoms with Gasteiger partial charge in [0.05, 0.1) is 0 Å². The molecule has 4 nitrogen and oxygen atoms in total. The third kappa shape index (κ3) is 2.14. The molecule has 1 saturated heterocycles. The molecular weight excluding hydrogens is 211 g/mol. The fraction of sp³-hybridized carbons (Fsp3) is 0.364. The summed E-state index contributed by atoms with van der Waals surface area (Å²) >= 11 is 0. The van der Waals surface area contributed by atoms with Crippen molar-refractivity contribution < 1.29 is 13.9 Å². The largest absolute Gasteiger partial charge is 0.477 e. The van der Waals surface area contributed by atoms with Crippen molar-refractivity contribution in [1.29, 1.82) is 0 Å². The van der Waals surface area contributed by atoms with Crippen LogP contribution in [0.3, 0.4) is 0 Å². The van der Waals surface area contributed by atoms with Crippen LogP contribution >= 0.6 is 0 Å². The standard InChI is InChI=1S/C11H13FN2O2/c12-8-5-7(6-13)1-2-9(8)16-10-3-4-14-11(10)15/h1-2,5,10H,3-4,6,13H2,(H,14,15). The number of nitrogens with two attached hydrogens (primary N) is 1. The zero-order chi connectivity index (χ0) is 11.5. The molecule has 16 heavy (non-hydrogen) atoms. The molecule has 0 aromatic heterocycles. The van der Waals surface area contributed by atoms with Gasteiger partial charge in [0.15, 0.2) is 17.7 Å². The summed E-state index contributed by atoms with van der Waals surface area (Å²) in [6.45, 7) is 0.854. The zero-order valence-electron chi connectivity index (χ0n) is 8.70. The smallest absolute Gasteiger partial charge is 0.261 e. The van der Waals surface area contributed by atoms with E-state index in [0.29, 0.717) is 18.5 Å². The van der Waals surface area contributed by atoms with E-state index in [2.05, 4.69) is 5.32 Å². The molecule has 86 valence electrons. The number of rotatable bonds is 3. The number of nitrogens with one attached hydrogen (secondary N) is 1. The van der Waals surface area contributed by atoms with Crippen LogP contribution in [-0.2, 0) is 11.3 Å². The fourth-order valence-corrected chi connectivity index (χ4v) is 1.60. The molecule has 1 aliphatic heterocycles. The quantitative estimate of drug-likeness (QED) is 0.788. The first-order valence-corrected chi connectivity index (χ1v) is 5.13. The Morgan fingerprint density at radius 3 is 2.94 bits per heavy atom. The van der Waals surface area contributed by atoms with Crippen LogP contribution in [0.5, 0.6) is 5.75 Å². The number of benzene rings is 1. The van der Waals surface area contributed by atoms with Crippen molar-refractivity contribution in [1.82, 2.24) is 5.32 Å². The molecule has 0 aliphatic carbocycles. The van der Waals surface area contributed by atoms with Crippen LogP contribution in [0, 0.1) is 5.82 Å². The number of hydrogen-bond donors (Lipinski definition) is 2. The van der Waals surface area contributed by atoms with Crippen LogP contribution < -0.4 is 15.8 Å². The van der Waals surface area contributed by atoms with Crippen molar-refractivity contribution in [3.05, 3.63) is 29.6 Å². The van der Waals surface area contributed by atoms with Crippen molar-refractivity contribution in [2.24, 2.45) is 5.73 Å². The Kier molecular flexibility index (Phi) is 3.05. The van der Waals surface area contributed by atoms with E-state index in [-0.39, 0.29) is 18.2 Å². The normalized spacial score (nSPS) is 19.6. The Labute approximate surface area is 92.6 Å². The summed E-state index contributed by atoms with van der Waals surface area (Å²) in [5.74, 6) is -0.579. The summed E-state index contributed by atoms with van der Waals surface area (Å²) in [6, 6.07) is 4.51. The van der Waals surface area contributed by atoms with E-state index < -0.39 is 11.9 Å². The highest BCUT2D eigenvalue weighted by Crippen LogP contribution is 2.21. The average molecular weight is 224 g/mol. The lowest BCUT2D eigenvalue weighted by Gasteiger charge is -2.12. The lowest BCUT2D eigenvalue weighted by molar-refractivity contribution is -0.124. The lowest BCUT2D eigenvalue weighted by atomic mass is 10.2. The summed E-state index contributed by atoms with van der Waals surface area (Å²) in [4.78, 5) is 11.2. The van der Waals surface area contributed by atoms with Crippen molar-refractivity contribution >= 4 is 5.91 Å². The van der Waals surface area contributed by atoms with E-state index in [1.165, 1.54) is 12.1 Å². The molecule has 1 aliphatic rings. The second-order valence-corrected chi connectivity index (χ2v) is 3.66. The van der Waals surface area contributed by atoms with Crippen LogP contribution in [-0.4, -0.2) is 18.6 Å². The highest BCUT2D eigenvalue weighted by atomic mass is 19.1. The van der Waals surface area contributed by atoms with Crippen molar-refractivity contribution in [2.45, 2.75) is 19.1 Å². The molecule has 1 unspecified atom stereocenters. The van der Waals surface area contributed by atoms with Crippen molar-refractivity contribution in [2.75, 3.05) is 6.54 Å². The van der Waals surface area contributed by atoms with E-state index >= 15 is 0 Å². The number of carbonyl (C=O) groups excluding carboxylic acids is 1. The molecule has 3 N–H and O–H groups in total. The first-order valence-electron chi connectivity index (χ1n) is 5.13. The molecule has 5 heteroatoms. The second kappa shape index (κ2) is 4.49. The zero-order valence-corrected chi connectivity index (χ0v) is 8.70. The lowest BCUT2D eigenvalue weighted by Crippen LogP contribution is -2.27. The maximum atomic E-state index is 13.5. The van der Waals surface area contributed by atoms with Gasteiger partial charge in [0.25, 0.3) is 5.91 Å². The third-order valence-electron chi connectivity index (χ3n) is 2.50. The molecular formula is C11H13FN2O2. The summed E-state index contributed by atoms with van der Waals surface area (Å²) in [6.07, 6.45) is -0.0186. The summed E-state index contributed by atoms with van der Waals surface area (Å²) < 4.78 is 18.8. The van der Waals surface area contributed by atoms with Gasteiger partial charge in [-0.05, 0) is 17.7 Å². The Morgan fingerprint density at radius 2 is 2.38 bits per heavy atom. The van der Waals surface area contributed by atoms with E-state index in [9.17, 15) is 9.18 Å². The van der Waals surface area contributed by atoms with Gasteiger partial charge >= 0.3 is 0 Å². The van der Waals surface area contributed by atoms with Crippen molar-refractivity contribution in [3.8, 4) is 5.75 Å². The molecule has 1 amide bonds. The summed E-state index contributed by atoms with van der Waals surface area (Å²) in [7, 11) is 0. The minimum atomic E-state index is -0.585. The van der Waals surface area contributed by atoms with E-state index in [4.69, 9.17) is 10.5 Å². The molecule has 1 heterocycles. The Bertz CT molecular complexity index is 409. The maximum Gasteiger partial charge on any atom is 0.261 e. The fourth-order valence-electron chi connectivity index (χ4n) is 1.60. The second-order valence-electron chi connectivity index (χ2n) is 3.66. The van der Waals surface area contributed by atoms with Crippen LogP contribution in [0.25, 0.3) is 0 Å². The van der Waals surface area contributed by atoms with Gasteiger partial charge in [-0.1, -0.05) is 6.07 Å². The summed E-state index contributed by atoms with van der Waals surface area (Å²) in [5, 5.41) is 2.63. The van der Waals surface area contributed by atoms with Gasteiger partial charge in [-0.2, -0.15) is 0 Å². The Balaban J connectivity index is 2.12. The molecule has 1 atom stereocenters. The molecule has 2 rings (SSSR count). The van der Waals surface area contributed by atoms with Crippen LogP contribution in [0.2, 0.25) is 0 Å². The molecule has 1 fully saturated rings. The number of amides is 1. The molecule has 0 bridgehead atoms. The predicted molar refractivity (Wildman–Crippen MR) is 56.3 cm³/mol. The number of halogens is 1. The van der Waals surface area contributed by atoms with Gasteiger partial charge in [0, 0.05) is 19.5 Å². The molecule has 0 saturated carbocycles. The molecule has 0 spiro atoms. The molecule has 1 aromatic carbocycles. The molecule has 0 radical (unpaired) electrons. The van der Waals surface area contributed by atoms with Crippen LogP contribution in [0.15, 0.2) is 18.2 Å². The highest BCUT2D eigenvalue weighted by molar-refractivity contribution is 5.83. The van der Waals surface area contributed by atoms with Gasteiger partial charge in [-0.25, -0.2) is 4.39 Å². The topological polar surface area (TPSA) is 64.3 Å². The maximum absolute atomic E-state index is 13.5. The SMILES string of the molecule is NCc1ccc(OC2CCNC2=O)c(F)c1. The predicted octanol–water partition coefficient (Wildman–Crippen LogP) is 0.552. The highest BCUT2D eigenvalue weighted by Gasteiger charge is 2.26. The minimum Gasteiger partial charge on any atom is -0.477 e. The van der Waals surface area contributed by atoms with E-state index in [1.807, 2.05) is 0 Å². The van der Waals surface area contributed by atoms with Crippen LogP contribution in [0.4, 0.5) is 4.39 Å². The van der Waals surface area contributed by atoms with Gasteiger partial charge in [0.2, 0.25) is 0 Å². The number of carbonyl (C=O) groups is 1.